The number of rotatable bonds is 2. The first-order valence-corrected chi connectivity index (χ1v) is 5.96. The summed E-state index contributed by atoms with van der Waals surface area (Å²) in [5.41, 5.74) is 1.74. The molecule has 0 saturated carbocycles. The van der Waals surface area contributed by atoms with Gasteiger partial charge in [0.15, 0.2) is 0 Å². The first-order valence-electron chi connectivity index (χ1n) is 5.96. The fourth-order valence-electron chi connectivity index (χ4n) is 1.35. The Labute approximate surface area is 103 Å². The molecule has 0 N–H and O–H groups in total. The number of nitrogens with zero attached hydrogens (tertiary/aromatic N) is 1. The molecule has 3 heteroatoms. The molecule has 0 saturated heterocycles. The van der Waals surface area contributed by atoms with Crippen LogP contribution in [0.25, 0.3) is 0 Å². The van der Waals surface area contributed by atoms with E-state index in [9.17, 15) is 9.59 Å². The molecule has 0 atom stereocenters. The lowest BCUT2D eigenvalue weighted by Gasteiger charge is -2.18. The minimum atomic E-state index is -0.245. The first kappa shape index (κ1) is 15.4. The smallest absolute Gasteiger partial charge is 0.233 e. The molecule has 0 unspecified atom stereocenters. The molecule has 3 nitrogen and oxygen atoms in total. The quantitative estimate of drug-likeness (QED) is 0.788. The van der Waals surface area contributed by atoms with E-state index in [4.69, 9.17) is 0 Å². The zero-order valence-corrected chi connectivity index (χ0v) is 11.3. The molecule has 0 aliphatic rings. The zero-order chi connectivity index (χ0) is 13.4. The average molecular weight is 235 g/mol. The Balaban J connectivity index is 0.00000121. The van der Waals surface area contributed by atoms with Gasteiger partial charge in [-0.05, 0) is 19.1 Å². The highest BCUT2D eigenvalue weighted by Gasteiger charge is 2.17. The summed E-state index contributed by atoms with van der Waals surface area (Å²) in [4.78, 5) is 24.1. The van der Waals surface area contributed by atoms with Gasteiger partial charge in [-0.1, -0.05) is 38.5 Å². The Morgan fingerprint density at radius 1 is 1.12 bits per heavy atom. The topological polar surface area (TPSA) is 37.4 Å². The van der Waals surface area contributed by atoms with Gasteiger partial charge in [-0.25, -0.2) is 0 Å². The number of amides is 2. The van der Waals surface area contributed by atoms with Gasteiger partial charge in [0.25, 0.3) is 0 Å². The standard InChI is InChI=1S/C12H15NO2.C2H6/c1-4-12(15)13(10(3)14)11-7-5-9(2)6-8-11;1-2/h5-8H,4H2,1-3H3;1-2H3. The second kappa shape index (κ2) is 7.60. The summed E-state index contributed by atoms with van der Waals surface area (Å²) in [6.45, 7) is 9.10. The van der Waals surface area contributed by atoms with Crippen LogP contribution in [-0.4, -0.2) is 11.8 Å². The van der Waals surface area contributed by atoms with Crippen LogP contribution < -0.4 is 4.90 Å². The highest BCUT2D eigenvalue weighted by atomic mass is 16.2. The number of carbonyl (C=O) groups excluding carboxylic acids is 2. The van der Waals surface area contributed by atoms with E-state index >= 15 is 0 Å². The van der Waals surface area contributed by atoms with Crippen molar-refractivity contribution in [3.8, 4) is 0 Å². The van der Waals surface area contributed by atoms with Crippen molar-refractivity contribution in [3.05, 3.63) is 29.8 Å². The molecule has 0 aliphatic heterocycles. The Bertz CT molecular complexity index is 368. The number of anilines is 1. The SMILES string of the molecule is CC.CCC(=O)N(C(C)=O)c1ccc(C)cc1. The van der Waals surface area contributed by atoms with Crippen molar-refractivity contribution in [2.75, 3.05) is 4.90 Å². The summed E-state index contributed by atoms with van der Waals surface area (Å²) in [5.74, 6) is -0.419. The van der Waals surface area contributed by atoms with E-state index in [0.717, 1.165) is 5.56 Å². The van der Waals surface area contributed by atoms with Crippen LogP contribution in [0.1, 0.15) is 39.7 Å². The van der Waals surface area contributed by atoms with E-state index in [-0.39, 0.29) is 11.8 Å². The maximum Gasteiger partial charge on any atom is 0.233 e. The molecule has 1 aromatic rings. The lowest BCUT2D eigenvalue weighted by molar-refractivity contribution is -0.125. The largest absolute Gasteiger partial charge is 0.274 e. The van der Waals surface area contributed by atoms with Gasteiger partial charge in [-0.3, -0.25) is 14.5 Å². The van der Waals surface area contributed by atoms with Crippen LogP contribution in [0.5, 0.6) is 0 Å². The second-order valence-electron chi connectivity index (χ2n) is 3.44. The molecule has 0 radical (unpaired) electrons. The fraction of sp³-hybridized carbons (Fsp3) is 0.429. The number of benzene rings is 1. The molecular weight excluding hydrogens is 214 g/mol. The lowest BCUT2D eigenvalue weighted by atomic mass is 10.2. The van der Waals surface area contributed by atoms with Gasteiger partial charge in [0.05, 0.1) is 5.69 Å². The van der Waals surface area contributed by atoms with E-state index in [1.807, 2.05) is 32.9 Å². The van der Waals surface area contributed by atoms with Crippen molar-refractivity contribution in [3.63, 3.8) is 0 Å². The number of imide groups is 1. The van der Waals surface area contributed by atoms with Crippen LogP contribution in [0.3, 0.4) is 0 Å². The normalized spacial score (nSPS) is 9.00. The van der Waals surface area contributed by atoms with Crippen LogP contribution in [0.2, 0.25) is 0 Å². The number of aryl methyl sites for hydroxylation is 1. The third kappa shape index (κ3) is 4.39. The minimum Gasteiger partial charge on any atom is -0.274 e. The molecule has 0 fully saturated rings. The van der Waals surface area contributed by atoms with E-state index in [2.05, 4.69) is 0 Å². The number of hydrogen-bond acceptors (Lipinski definition) is 2. The zero-order valence-electron chi connectivity index (χ0n) is 11.3. The summed E-state index contributed by atoms with van der Waals surface area (Å²) in [7, 11) is 0. The van der Waals surface area contributed by atoms with E-state index in [1.54, 1.807) is 19.1 Å². The van der Waals surface area contributed by atoms with E-state index < -0.39 is 0 Å². The molecular formula is C14H21NO2. The molecule has 0 spiro atoms. The minimum absolute atomic E-state index is 0.175. The van der Waals surface area contributed by atoms with Gasteiger partial charge >= 0.3 is 0 Å². The summed E-state index contributed by atoms with van der Waals surface area (Å²) < 4.78 is 0. The van der Waals surface area contributed by atoms with Gasteiger partial charge in [0, 0.05) is 13.3 Å². The third-order valence-electron chi connectivity index (χ3n) is 2.16. The van der Waals surface area contributed by atoms with E-state index in [1.165, 1.54) is 11.8 Å². The number of carbonyl (C=O) groups is 2. The van der Waals surface area contributed by atoms with Crippen LogP contribution in [0.4, 0.5) is 5.69 Å². The predicted octanol–water partition coefficient (Wildman–Crippen LogP) is 3.31. The average Bonchev–Trinajstić information content (AvgIpc) is 2.34. The lowest BCUT2D eigenvalue weighted by Crippen LogP contribution is -2.34. The third-order valence-corrected chi connectivity index (χ3v) is 2.16. The predicted molar refractivity (Wildman–Crippen MR) is 71.0 cm³/mol. The van der Waals surface area contributed by atoms with Gasteiger partial charge in [-0.2, -0.15) is 0 Å². The Morgan fingerprint density at radius 2 is 1.59 bits per heavy atom. The molecule has 94 valence electrons. The van der Waals surface area contributed by atoms with Crippen molar-refractivity contribution in [2.24, 2.45) is 0 Å². The van der Waals surface area contributed by atoms with Crippen molar-refractivity contribution >= 4 is 17.5 Å². The molecule has 2 amide bonds. The van der Waals surface area contributed by atoms with Crippen LogP contribution in [0, 0.1) is 6.92 Å². The second-order valence-corrected chi connectivity index (χ2v) is 3.44. The van der Waals surface area contributed by atoms with Crippen molar-refractivity contribution < 1.29 is 9.59 Å². The monoisotopic (exact) mass is 235 g/mol. The molecule has 0 aliphatic carbocycles. The van der Waals surface area contributed by atoms with Crippen molar-refractivity contribution in [2.45, 2.75) is 41.0 Å². The summed E-state index contributed by atoms with van der Waals surface area (Å²) in [6.07, 6.45) is 0.327. The van der Waals surface area contributed by atoms with Gasteiger partial charge < -0.3 is 0 Å². The van der Waals surface area contributed by atoms with Crippen molar-refractivity contribution in [1.82, 2.24) is 0 Å². The van der Waals surface area contributed by atoms with Gasteiger partial charge in [0.1, 0.15) is 0 Å². The summed E-state index contributed by atoms with van der Waals surface area (Å²) >= 11 is 0. The highest BCUT2D eigenvalue weighted by Crippen LogP contribution is 2.16. The molecule has 17 heavy (non-hydrogen) atoms. The molecule has 1 aromatic carbocycles. The van der Waals surface area contributed by atoms with E-state index in [0.29, 0.717) is 12.1 Å². The number of hydrogen-bond donors (Lipinski definition) is 0. The maximum absolute atomic E-state index is 11.5. The molecule has 0 bridgehead atoms. The van der Waals surface area contributed by atoms with Gasteiger partial charge in [0.2, 0.25) is 11.8 Å². The molecule has 0 aromatic heterocycles. The maximum atomic E-state index is 11.5. The fourth-order valence-corrected chi connectivity index (χ4v) is 1.35. The van der Waals surface area contributed by atoms with Gasteiger partial charge in [-0.15, -0.1) is 0 Å². The Hall–Kier alpha value is -1.64. The Morgan fingerprint density at radius 3 is 1.94 bits per heavy atom. The molecule has 1 rings (SSSR count). The summed E-state index contributed by atoms with van der Waals surface area (Å²) in [5, 5.41) is 0. The first-order chi connectivity index (χ1) is 8.06. The highest BCUT2D eigenvalue weighted by molar-refractivity contribution is 6.13. The summed E-state index contributed by atoms with van der Waals surface area (Å²) in [6, 6.07) is 7.33. The Kier molecular flexibility index (Phi) is 6.87. The van der Waals surface area contributed by atoms with Crippen LogP contribution in [-0.2, 0) is 9.59 Å². The van der Waals surface area contributed by atoms with Crippen LogP contribution >= 0.6 is 0 Å². The molecule has 0 heterocycles. The van der Waals surface area contributed by atoms with Crippen molar-refractivity contribution in [1.29, 1.82) is 0 Å². The van der Waals surface area contributed by atoms with Crippen LogP contribution in [0.15, 0.2) is 24.3 Å².